The van der Waals surface area contributed by atoms with Gasteiger partial charge in [0.1, 0.15) is 0 Å². The second-order valence-electron chi connectivity index (χ2n) is 3.92. The van der Waals surface area contributed by atoms with E-state index in [1.54, 1.807) is 6.08 Å². The van der Waals surface area contributed by atoms with Crippen molar-refractivity contribution in [2.45, 2.75) is 18.9 Å². The highest BCUT2D eigenvalue weighted by Crippen LogP contribution is 2.40. The maximum Gasteiger partial charge on any atom is 0.431 e. The summed E-state index contributed by atoms with van der Waals surface area (Å²) in [6, 6.07) is -0.422. The van der Waals surface area contributed by atoms with Crippen LogP contribution >= 0.6 is 0 Å². The first kappa shape index (κ1) is 9.48. The Kier molecular flexibility index (Phi) is 2.20. The van der Waals surface area contributed by atoms with Gasteiger partial charge in [0.05, 0.1) is 12.6 Å². The Bertz CT molecular complexity index is 270. The summed E-state index contributed by atoms with van der Waals surface area (Å²) in [6.45, 7) is 1.35. The minimum atomic E-state index is -1.31. The number of nitrogens with zero attached hydrogens (tertiary/aromatic N) is 1. The molecule has 0 aromatic rings. The number of carbonyl (C=O) groups is 1. The molecule has 5 nitrogen and oxygen atoms in total. The maximum atomic E-state index is 10.5. The maximum absolute atomic E-state index is 10.5. The summed E-state index contributed by atoms with van der Waals surface area (Å²) >= 11 is 0. The van der Waals surface area contributed by atoms with Crippen molar-refractivity contribution in [2.24, 2.45) is 5.41 Å². The number of amides is 1. The van der Waals surface area contributed by atoms with Crippen molar-refractivity contribution in [3.05, 3.63) is 12.2 Å². The van der Waals surface area contributed by atoms with Gasteiger partial charge in [-0.3, -0.25) is 5.21 Å². The predicted molar refractivity (Wildman–Crippen MR) is 47.1 cm³/mol. The molecule has 1 aliphatic carbocycles. The normalized spacial score (nSPS) is 35.4. The summed E-state index contributed by atoms with van der Waals surface area (Å²) in [5.74, 6) is 0. The summed E-state index contributed by atoms with van der Waals surface area (Å²) in [4.78, 5) is 10.5. The van der Waals surface area contributed by atoms with Crippen molar-refractivity contribution in [3.63, 3.8) is 0 Å². The van der Waals surface area contributed by atoms with Crippen LogP contribution in [0.3, 0.4) is 0 Å². The first-order valence-electron chi connectivity index (χ1n) is 4.61. The van der Waals surface area contributed by atoms with E-state index in [-0.39, 0.29) is 5.41 Å². The highest BCUT2D eigenvalue weighted by molar-refractivity contribution is 5.64. The number of ether oxygens (including phenoxy) is 1. The Morgan fingerprint density at radius 2 is 2.43 bits per heavy atom. The molecule has 0 radical (unpaired) electrons. The SMILES string of the molecule is O=C(O)N(O)C1C=CC2(CCOC2)C1. The zero-order valence-corrected chi connectivity index (χ0v) is 7.72. The lowest BCUT2D eigenvalue weighted by Gasteiger charge is -2.23. The fraction of sp³-hybridized carbons (Fsp3) is 0.667. The lowest BCUT2D eigenvalue weighted by atomic mass is 9.86. The second-order valence-corrected chi connectivity index (χ2v) is 3.92. The molecule has 1 spiro atoms. The van der Waals surface area contributed by atoms with E-state index in [1.165, 1.54) is 0 Å². The van der Waals surface area contributed by atoms with Crippen LogP contribution < -0.4 is 0 Å². The van der Waals surface area contributed by atoms with Gasteiger partial charge >= 0.3 is 6.09 Å². The molecule has 2 unspecified atom stereocenters. The summed E-state index contributed by atoms with van der Waals surface area (Å²) < 4.78 is 5.27. The summed E-state index contributed by atoms with van der Waals surface area (Å²) in [5, 5.41) is 18.2. The highest BCUT2D eigenvalue weighted by atomic mass is 16.6. The summed E-state index contributed by atoms with van der Waals surface area (Å²) in [7, 11) is 0. The summed E-state index contributed by atoms with van der Waals surface area (Å²) in [6.07, 6.45) is 3.93. The number of hydrogen-bond donors (Lipinski definition) is 2. The molecule has 1 saturated heterocycles. The molecule has 1 fully saturated rings. The third-order valence-corrected chi connectivity index (χ3v) is 2.93. The first-order valence-corrected chi connectivity index (χ1v) is 4.61. The molecule has 2 atom stereocenters. The van der Waals surface area contributed by atoms with Crippen LogP contribution in [0.5, 0.6) is 0 Å². The summed E-state index contributed by atoms with van der Waals surface area (Å²) in [5.41, 5.74) is -0.0406. The number of rotatable bonds is 1. The van der Waals surface area contributed by atoms with Gasteiger partial charge in [-0.1, -0.05) is 12.2 Å². The molecule has 14 heavy (non-hydrogen) atoms. The van der Waals surface area contributed by atoms with Crippen LogP contribution in [0, 0.1) is 5.41 Å². The van der Waals surface area contributed by atoms with Gasteiger partial charge in [-0.25, -0.2) is 4.79 Å². The van der Waals surface area contributed by atoms with Gasteiger partial charge in [0.15, 0.2) is 0 Å². The molecule has 1 aliphatic heterocycles. The molecular weight excluding hydrogens is 186 g/mol. The van der Waals surface area contributed by atoms with E-state index in [0.717, 1.165) is 13.0 Å². The van der Waals surface area contributed by atoms with Gasteiger partial charge in [-0.15, -0.1) is 0 Å². The predicted octanol–water partition coefficient (Wildman–Crippen LogP) is 1.09. The van der Waals surface area contributed by atoms with E-state index in [9.17, 15) is 10.0 Å². The van der Waals surface area contributed by atoms with Crippen molar-refractivity contribution < 1.29 is 19.8 Å². The number of hydroxylamine groups is 2. The molecule has 2 aliphatic rings. The van der Waals surface area contributed by atoms with Gasteiger partial charge in [0, 0.05) is 12.0 Å². The van der Waals surface area contributed by atoms with Gasteiger partial charge in [0.2, 0.25) is 0 Å². The monoisotopic (exact) mass is 199 g/mol. The quantitative estimate of drug-likeness (QED) is 0.377. The minimum Gasteiger partial charge on any atom is -0.463 e. The van der Waals surface area contributed by atoms with Gasteiger partial charge < -0.3 is 9.84 Å². The van der Waals surface area contributed by atoms with Crippen LogP contribution in [-0.4, -0.2) is 40.7 Å². The molecule has 5 heteroatoms. The minimum absolute atomic E-state index is 0.0406. The van der Waals surface area contributed by atoms with Gasteiger partial charge in [0.25, 0.3) is 0 Å². The van der Waals surface area contributed by atoms with E-state index in [2.05, 4.69) is 0 Å². The number of hydrogen-bond acceptors (Lipinski definition) is 3. The van der Waals surface area contributed by atoms with Crippen LogP contribution in [0.2, 0.25) is 0 Å². The molecule has 78 valence electrons. The third kappa shape index (κ3) is 1.49. The van der Waals surface area contributed by atoms with Crippen molar-refractivity contribution in [2.75, 3.05) is 13.2 Å². The Morgan fingerprint density at radius 1 is 1.64 bits per heavy atom. The molecule has 1 amide bonds. The van der Waals surface area contributed by atoms with E-state index in [4.69, 9.17) is 9.84 Å². The second kappa shape index (κ2) is 3.25. The van der Waals surface area contributed by atoms with Crippen molar-refractivity contribution in [1.29, 1.82) is 0 Å². The van der Waals surface area contributed by atoms with E-state index in [0.29, 0.717) is 18.1 Å². The molecule has 0 bridgehead atoms. The van der Waals surface area contributed by atoms with Crippen LogP contribution in [0.15, 0.2) is 12.2 Å². The first-order chi connectivity index (χ1) is 6.63. The Balaban J connectivity index is 2.02. The average molecular weight is 199 g/mol. The Hall–Kier alpha value is -1.07. The molecule has 2 N–H and O–H groups in total. The number of carboxylic acid groups (broad SMARTS) is 1. The third-order valence-electron chi connectivity index (χ3n) is 2.93. The zero-order chi connectivity index (χ0) is 10.2. The molecule has 0 aromatic carbocycles. The van der Waals surface area contributed by atoms with Crippen LogP contribution in [-0.2, 0) is 4.74 Å². The Labute approximate surface area is 81.5 Å². The standard InChI is InChI=1S/C9H13NO4/c11-8(12)10(13)7-1-2-9(5-7)3-4-14-6-9/h1-2,7,13H,3-6H2,(H,11,12). The van der Waals surface area contributed by atoms with Crippen LogP contribution in [0.4, 0.5) is 4.79 Å². The molecule has 1 heterocycles. The molecule has 2 rings (SSSR count). The fourth-order valence-electron chi connectivity index (χ4n) is 2.09. The van der Waals surface area contributed by atoms with E-state index >= 15 is 0 Å². The van der Waals surface area contributed by atoms with Crippen molar-refractivity contribution in [1.82, 2.24) is 5.06 Å². The van der Waals surface area contributed by atoms with E-state index in [1.807, 2.05) is 6.08 Å². The van der Waals surface area contributed by atoms with Crippen LogP contribution in [0.25, 0.3) is 0 Å². The zero-order valence-electron chi connectivity index (χ0n) is 7.72. The fourth-order valence-corrected chi connectivity index (χ4v) is 2.09. The lowest BCUT2D eigenvalue weighted by Crippen LogP contribution is -2.36. The topological polar surface area (TPSA) is 70.0 Å². The van der Waals surface area contributed by atoms with Gasteiger partial charge in [-0.2, -0.15) is 5.06 Å². The largest absolute Gasteiger partial charge is 0.463 e. The van der Waals surface area contributed by atoms with Gasteiger partial charge in [-0.05, 0) is 12.8 Å². The average Bonchev–Trinajstić information content (AvgIpc) is 2.76. The Morgan fingerprint density at radius 3 is 3.00 bits per heavy atom. The van der Waals surface area contributed by atoms with Crippen LogP contribution in [0.1, 0.15) is 12.8 Å². The van der Waals surface area contributed by atoms with E-state index < -0.39 is 12.1 Å². The lowest BCUT2D eigenvalue weighted by molar-refractivity contribution is -0.0877. The molecule has 0 aromatic heterocycles. The van der Waals surface area contributed by atoms with Crippen molar-refractivity contribution in [3.8, 4) is 0 Å². The van der Waals surface area contributed by atoms with Crippen molar-refractivity contribution >= 4 is 6.09 Å². The smallest absolute Gasteiger partial charge is 0.431 e. The molecule has 0 saturated carbocycles. The molecular formula is C9H13NO4. The highest BCUT2D eigenvalue weighted by Gasteiger charge is 2.40.